The highest BCUT2D eigenvalue weighted by atomic mass is 19.3. The molecule has 0 saturated carbocycles. The van der Waals surface area contributed by atoms with Gasteiger partial charge in [-0.3, -0.25) is 14.3 Å². The summed E-state index contributed by atoms with van der Waals surface area (Å²) in [6, 6.07) is 5.78. The molecule has 1 saturated heterocycles. The highest BCUT2D eigenvalue weighted by Crippen LogP contribution is 2.41. The van der Waals surface area contributed by atoms with E-state index in [1.165, 1.54) is 12.3 Å². The highest BCUT2D eigenvalue weighted by Gasteiger charge is 2.59. The molecule has 0 bridgehead atoms. The van der Waals surface area contributed by atoms with E-state index in [0.717, 1.165) is 12.3 Å². The molecule has 0 radical (unpaired) electrons. The summed E-state index contributed by atoms with van der Waals surface area (Å²) in [5, 5.41) is 20.8. The lowest BCUT2D eigenvalue weighted by Crippen LogP contribution is -2.41. The van der Waals surface area contributed by atoms with Crippen molar-refractivity contribution >= 4 is 11.7 Å². The number of halogens is 2. The minimum atomic E-state index is -3.81. The summed E-state index contributed by atoms with van der Waals surface area (Å²) in [7, 11) is 0. The molecule has 1 amide bonds. The third-order valence-electron chi connectivity index (χ3n) is 3.78. The number of rotatable bonds is 4. The Kier molecular flexibility index (Phi) is 4.76. The number of carbonyl (C=O) groups is 1. The summed E-state index contributed by atoms with van der Waals surface area (Å²) in [5.41, 5.74) is -1.04. The van der Waals surface area contributed by atoms with Crippen molar-refractivity contribution in [2.45, 2.75) is 24.4 Å². The predicted octanol–water partition coefficient (Wildman–Crippen LogP) is -0.224. The van der Waals surface area contributed by atoms with Crippen molar-refractivity contribution in [1.82, 2.24) is 14.5 Å². The van der Waals surface area contributed by atoms with Crippen LogP contribution in [0, 0.1) is 0 Å². The smallest absolute Gasteiger partial charge is 0.351 e. The second kappa shape index (κ2) is 6.86. The second-order valence-electron chi connectivity index (χ2n) is 5.50. The number of nitrogens with one attached hydrogen (secondary N) is 1. The third-order valence-corrected chi connectivity index (χ3v) is 3.78. The maximum absolute atomic E-state index is 14.1. The third kappa shape index (κ3) is 3.19. The van der Waals surface area contributed by atoms with E-state index in [2.05, 4.69) is 15.3 Å². The largest absolute Gasteiger partial charge is 0.394 e. The molecule has 3 heterocycles. The summed E-state index contributed by atoms with van der Waals surface area (Å²) in [6.45, 7) is -0.840. The summed E-state index contributed by atoms with van der Waals surface area (Å²) >= 11 is 0. The van der Waals surface area contributed by atoms with Gasteiger partial charge in [0.15, 0.2) is 6.10 Å². The van der Waals surface area contributed by atoms with Gasteiger partial charge in [-0.05, 0) is 18.2 Å². The number of hydrogen-bond donors (Lipinski definition) is 3. The molecular formula is C15H14F2N4O5. The van der Waals surface area contributed by atoms with Crippen LogP contribution in [0.15, 0.2) is 41.5 Å². The van der Waals surface area contributed by atoms with E-state index in [9.17, 15) is 23.5 Å². The SMILES string of the molecule is O=C(Nc1ccn([C@@H]2O[C@H](CO)[C@@H](O)C2(F)F)c(=O)n1)c1ccccn1. The zero-order chi connectivity index (χ0) is 18.9. The number of anilines is 1. The first kappa shape index (κ1) is 18.0. The zero-order valence-corrected chi connectivity index (χ0v) is 13.1. The van der Waals surface area contributed by atoms with Crippen LogP contribution in [0.5, 0.6) is 0 Å². The van der Waals surface area contributed by atoms with Gasteiger partial charge in [0.2, 0.25) is 6.23 Å². The topological polar surface area (TPSA) is 127 Å². The maximum Gasteiger partial charge on any atom is 0.351 e. The van der Waals surface area contributed by atoms with Crippen LogP contribution in [0.2, 0.25) is 0 Å². The van der Waals surface area contributed by atoms with E-state index in [-0.39, 0.29) is 11.5 Å². The van der Waals surface area contributed by atoms with Crippen molar-refractivity contribution in [2.24, 2.45) is 0 Å². The van der Waals surface area contributed by atoms with Gasteiger partial charge in [0, 0.05) is 12.4 Å². The van der Waals surface area contributed by atoms with E-state index in [4.69, 9.17) is 9.84 Å². The number of alkyl halides is 2. The van der Waals surface area contributed by atoms with E-state index in [1.807, 2.05) is 0 Å². The molecule has 2 aromatic rings. The van der Waals surface area contributed by atoms with Crippen LogP contribution in [0.1, 0.15) is 16.7 Å². The molecule has 0 unspecified atom stereocenters. The van der Waals surface area contributed by atoms with Gasteiger partial charge >= 0.3 is 11.6 Å². The van der Waals surface area contributed by atoms with Crippen molar-refractivity contribution in [1.29, 1.82) is 0 Å². The Labute approximate surface area is 144 Å². The molecule has 1 aliphatic rings. The van der Waals surface area contributed by atoms with Gasteiger partial charge in [-0.2, -0.15) is 13.8 Å². The number of aromatic nitrogens is 3. The summed E-state index contributed by atoms with van der Waals surface area (Å²) < 4.78 is 33.5. The van der Waals surface area contributed by atoms with Gasteiger partial charge in [-0.15, -0.1) is 0 Å². The molecule has 1 aliphatic heterocycles. The standard InChI is InChI=1S/C15H14F2N4O5/c16-15(17)11(23)9(7-22)26-13(15)21-6-4-10(20-14(21)25)19-12(24)8-3-1-2-5-18-8/h1-6,9,11,13,22-23H,7H2,(H,19,20,24,25)/t9-,11-,13-/m1/s1. The molecule has 138 valence electrons. The zero-order valence-electron chi connectivity index (χ0n) is 13.1. The fourth-order valence-corrected chi connectivity index (χ4v) is 2.46. The van der Waals surface area contributed by atoms with Crippen LogP contribution in [0.4, 0.5) is 14.6 Å². The van der Waals surface area contributed by atoms with E-state index in [0.29, 0.717) is 4.57 Å². The van der Waals surface area contributed by atoms with Crippen LogP contribution in [-0.4, -0.2) is 55.4 Å². The van der Waals surface area contributed by atoms with Crippen LogP contribution in [0.25, 0.3) is 0 Å². The Hall–Kier alpha value is -2.76. The first-order valence-corrected chi connectivity index (χ1v) is 7.48. The Morgan fingerprint density at radius 3 is 2.73 bits per heavy atom. The number of nitrogens with zero attached hydrogens (tertiary/aromatic N) is 3. The Bertz CT molecular complexity index is 861. The fourth-order valence-electron chi connectivity index (χ4n) is 2.46. The van der Waals surface area contributed by atoms with E-state index >= 15 is 0 Å². The number of aliphatic hydroxyl groups excluding tert-OH is 2. The Balaban J connectivity index is 1.82. The lowest BCUT2D eigenvalue weighted by Gasteiger charge is -2.21. The van der Waals surface area contributed by atoms with Crippen molar-refractivity contribution in [3.8, 4) is 0 Å². The lowest BCUT2D eigenvalue weighted by molar-refractivity contribution is -0.140. The molecule has 11 heteroatoms. The number of ether oxygens (including phenoxy) is 1. The number of amides is 1. The highest BCUT2D eigenvalue weighted by molar-refractivity contribution is 6.02. The van der Waals surface area contributed by atoms with Crippen LogP contribution >= 0.6 is 0 Å². The lowest BCUT2D eigenvalue weighted by atomic mass is 10.1. The van der Waals surface area contributed by atoms with Gasteiger partial charge < -0.3 is 20.3 Å². The van der Waals surface area contributed by atoms with Gasteiger partial charge in [0.25, 0.3) is 5.91 Å². The average molecular weight is 368 g/mol. The molecule has 3 N–H and O–H groups in total. The summed E-state index contributed by atoms with van der Waals surface area (Å²) in [5.74, 6) is -4.60. The van der Waals surface area contributed by atoms with Gasteiger partial charge in [0.05, 0.1) is 6.61 Å². The minimum absolute atomic E-state index is 0.0815. The molecule has 3 rings (SSSR count). The molecule has 0 aliphatic carbocycles. The first-order chi connectivity index (χ1) is 12.3. The Morgan fingerprint density at radius 1 is 1.38 bits per heavy atom. The first-order valence-electron chi connectivity index (χ1n) is 7.48. The number of pyridine rings is 1. The number of carbonyl (C=O) groups excluding carboxylic acids is 1. The molecule has 2 aromatic heterocycles. The molecule has 9 nitrogen and oxygen atoms in total. The molecule has 0 aromatic carbocycles. The Morgan fingerprint density at radius 2 is 2.15 bits per heavy atom. The van der Waals surface area contributed by atoms with Gasteiger partial charge in [0.1, 0.15) is 17.6 Å². The molecular weight excluding hydrogens is 354 g/mol. The van der Waals surface area contributed by atoms with Crippen LogP contribution in [-0.2, 0) is 4.74 Å². The second-order valence-corrected chi connectivity index (χ2v) is 5.50. The maximum atomic E-state index is 14.1. The van der Waals surface area contributed by atoms with Crippen LogP contribution < -0.4 is 11.0 Å². The van der Waals surface area contributed by atoms with Crippen molar-refractivity contribution < 1.29 is 28.5 Å². The van der Waals surface area contributed by atoms with Crippen molar-refractivity contribution in [3.63, 3.8) is 0 Å². The molecule has 3 atom stereocenters. The van der Waals surface area contributed by atoms with Gasteiger partial charge in [-0.25, -0.2) is 4.79 Å². The van der Waals surface area contributed by atoms with Crippen LogP contribution in [0.3, 0.4) is 0 Å². The molecule has 0 spiro atoms. The number of hydrogen-bond acceptors (Lipinski definition) is 7. The fraction of sp³-hybridized carbons (Fsp3) is 0.333. The number of aliphatic hydroxyl groups is 2. The monoisotopic (exact) mass is 368 g/mol. The summed E-state index contributed by atoms with van der Waals surface area (Å²) in [4.78, 5) is 31.4. The summed E-state index contributed by atoms with van der Waals surface area (Å²) in [6.07, 6.45) is -3.58. The quantitative estimate of drug-likeness (QED) is 0.681. The molecule has 1 fully saturated rings. The van der Waals surface area contributed by atoms with Crippen molar-refractivity contribution in [2.75, 3.05) is 11.9 Å². The van der Waals surface area contributed by atoms with E-state index < -0.39 is 42.6 Å². The molecule has 26 heavy (non-hydrogen) atoms. The predicted molar refractivity (Wildman–Crippen MR) is 82.6 cm³/mol. The van der Waals surface area contributed by atoms with Crippen molar-refractivity contribution in [3.05, 3.63) is 52.8 Å². The van der Waals surface area contributed by atoms with E-state index in [1.54, 1.807) is 12.1 Å². The minimum Gasteiger partial charge on any atom is -0.394 e. The van der Waals surface area contributed by atoms with Gasteiger partial charge in [-0.1, -0.05) is 6.07 Å². The normalized spacial score (nSPS) is 24.4. The average Bonchev–Trinajstić information content (AvgIpc) is 2.85.